The highest BCUT2D eigenvalue weighted by Crippen LogP contribution is 2.27. The smallest absolute Gasteiger partial charge is 0.408 e. The van der Waals surface area contributed by atoms with E-state index in [0.29, 0.717) is 12.0 Å². The van der Waals surface area contributed by atoms with Crippen LogP contribution >= 0.6 is 0 Å². The van der Waals surface area contributed by atoms with Crippen molar-refractivity contribution in [1.29, 1.82) is 0 Å². The van der Waals surface area contributed by atoms with Crippen LogP contribution in [-0.2, 0) is 35.1 Å². The number of rotatable bonds is 18. The molecule has 0 aliphatic rings. The van der Waals surface area contributed by atoms with E-state index in [1.54, 1.807) is 41.5 Å². The number of nitrogens with one attached hydrogen (secondary N) is 2. The number of carbonyl (C=O) groups excluding carboxylic acids is 5. The Balaban J connectivity index is 2.70. The number of unbranched alkanes of at least 4 members (excludes halogenated alkanes) is 4. The molecular weight excluding hydrogens is 648 g/mol. The molecule has 0 saturated carbocycles. The van der Waals surface area contributed by atoms with E-state index < -0.39 is 59.1 Å². The van der Waals surface area contributed by atoms with Gasteiger partial charge in [-0.1, -0.05) is 92.3 Å². The summed E-state index contributed by atoms with van der Waals surface area (Å²) in [5, 5.41) is 5.58. The number of nitrogens with zero attached hydrogens (tertiary/aromatic N) is 1. The maximum Gasteiger partial charge on any atom is 0.408 e. The lowest BCUT2D eigenvalue weighted by Crippen LogP contribution is -2.55. The van der Waals surface area contributed by atoms with Crippen molar-refractivity contribution in [3.63, 3.8) is 0 Å². The molecule has 0 saturated heterocycles. The molecular formula is C40H60N4O7. The SMILES string of the molecule is CCCCCCCN(C(=O)C(CCC(N)=O)NC(=O)OC(C)(C)C)C(C(=O)NC(Cc1ccccc1)C(=O)OC(C)(C)C)c1cc(C)cc(C)c1. The number of carbonyl (C=O) groups is 5. The van der Waals surface area contributed by atoms with E-state index in [2.05, 4.69) is 17.6 Å². The van der Waals surface area contributed by atoms with Crippen LogP contribution in [0.2, 0.25) is 0 Å². The van der Waals surface area contributed by atoms with E-state index in [1.165, 1.54) is 4.90 Å². The molecule has 282 valence electrons. The Hall–Kier alpha value is -4.41. The predicted molar refractivity (Wildman–Crippen MR) is 199 cm³/mol. The van der Waals surface area contributed by atoms with Gasteiger partial charge < -0.3 is 30.7 Å². The Morgan fingerprint density at radius 3 is 1.92 bits per heavy atom. The van der Waals surface area contributed by atoms with Gasteiger partial charge in [-0.25, -0.2) is 9.59 Å². The summed E-state index contributed by atoms with van der Waals surface area (Å²) in [4.78, 5) is 69.4. The van der Waals surface area contributed by atoms with Gasteiger partial charge in [-0.3, -0.25) is 14.4 Å². The molecule has 0 fully saturated rings. The number of hydrogen-bond donors (Lipinski definition) is 3. The number of esters is 1. The molecule has 3 unspecified atom stereocenters. The summed E-state index contributed by atoms with van der Waals surface area (Å²) in [5.41, 5.74) is 6.93. The molecule has 51 heavy (non-hydrogen) atoms. The van der Waals surface area contributed by atoms with E-state index in [9.17, 15) is 24.0 Å². The van der Waals surface area contributed by atoms with Gasteiger partial charge in [0.1, 0.15) is 29.3 Å². The van der Waals surface area contributed by atoms with Gasteiger partial charge in [0.15, 0.2) is 0 Å². The van der Waals surface area contributed by atoms with Crippen LogP contribution in [0.25, 0.3) is 0 Å². The average Bonchev–Trinajstić information content (AvgIpc) is 3.00. The molecule has 0 aliphatic carbocycles. The summed E-state index contributed by atoms with van der Waals surface area (Å²) in [6, 6.07) is 11.5. The van der Waals surface area contributed by atoms with Gasteiger partial charge >= 0.3 is 12.1 Å². The van der Waals surface area contributed by atoms with Crippen LogP contribution in [0, 0.1) is 13.8 Å². The highest BCUT2D eigenvalue weighted by Gasteiger charge is 2.38. The quantitative estimate of drug-likeness (QED) is 0.120. The lowest BCUT2D eigenvalue weighted by atomic mass is 9.96. The number of aryl methyl sites for hydroxylation is 2. The normalized spacial score (nSPS) is 13.4. The maximum absolute atomic E-state index is 14.7. The molecule has 3 atom stereocenters. The third-order valence-electron chi connectivity index (χ3n) is 7.86. The van der Waals surface area contributed by atoms with Crippen molar-refractivity contribution in [1.82, 2.24) is 15.5 Å². The molecule has 11 nitrogen and oxygen atoms in total. The first kappa shape index (κ1) is 42.8. The zero-order valence-electron chi connectivity index (χ0n) is 32.1. The molecule has 0 aliphatic heterocycles. The van der Waals surface area contributed by atoms with E-state index in [0.717, 1.165) is 42.4 Å². The number of ether oxygens (including phenoxy) is 2. The van der Waals surface area contributed by atoms with Crippen LogP contribution in [0.3, 0.4) is 0 Å². The summed E-state index contributed by atoms with van der Waals surface area (Å²) < 4.78 is 11.2. The molecule has 0 bridgehead atoms. The number of benzene rings is 2. The largest absolute Gasteiger partial charge is 0.458 e. The molecule has 0 spiro atoms. The van der Waals surface area contributed by atoms with Gasteiger partial charge in [0.2, 0.25) is 17.7 Å². The highest BCUT2D eigenvalue weighted by molar-refractivity contribution is 5.94. The summed E-state index contributed by atoms with van der Waals surface area (Å²) in [6.07, 6.45) is 3.41. The van der Waals surface area contributed by atoms with E-state index >= 15 is 0 Å². The van der Waals surface area contributed by atoms with Crippen molar-refractivity contribution in [2.75, 3.05) is 6.54 Å². The summed E-state index contributed by atoms with van der Waals surface area (Å²) in [5.74, 6) is -2.41. The van der Waals surface area contributed by atoms with E-state index in [4.69, 9.17) is 15.2 Å². The van der Waals surface area contributed by atoms with E-state index in [-0.39, 0.29) is 25.8 Å². The third kappa shape index (κ3) is 16.0. The number of primary amides is 1. The second-order valence-electron chi connectivity index (χ2n) is 15.3. The van der Waals surface area contributed by atoms with Crippen LogP contribution in [-0.4, -0.2) is 64.5 Å². The molecule has 2 aromatic carbocycles. The van der Waals surface area contributed by atoms with Gasteiger partial charge in [-0.05, 0) is 79.4 Å². The lowest BCUT2D eigenvalue weighted by molar-refractivity contribution is -0.159. The minimum atomic E-state index is -1.23. The molecule has 4 N–H and O–H groups in total. The molecule has 4 amide bonds. The van der Waals surface area contributed by atoms with Crippen molar-refractivity contribution < 1.29 is 33.4 Å². The summed E-state index contributed by atoms with van der Waals surface area (Å²) in [6.45, 7) is 16.5. The highest BCUT2D eigenvalue weighted by atomic mass is 16.6. The Morgan fingerprint density at radius 2 is 1.37 bits per heavy atom. The van der Waals surface area contributed by atoms with Gasteiger partial charge in [-0.15, -0.1) is 0 Å². The number of amides is 4. The van der Waals surface area contributed by atoms with Crippen LogP contribution in [0.5, 0.6) is 0 Å². The summed E-state index contributed by atoms with van der Waals surface area (Å²) >= 11 is 0. The molecule has 0 heterocycles. The fraction of sp³-hybridized carbons (Fsp3) is 0.575. The van der Waals surface area contributed by atoms with Crippen LogP contribution in [0.15, 0.2) is 48.5 Å². The number of alkyl carbamates (subject to hydrolysis) is 1. The van der Waals surface area contributed by atoms with Crippen LogP contribution in [0.1, 0.15) is 122 Å². The Kier molecular flexibility index (Phi) is 16.6. The fourth-order valence-corrected chi connectivity index (χ4v) is 5.75. The molecule has 2 aromatic rings. The minimum Gasteiger partial charge on any atom is -0.458 e. The van der Waals surface area contributed by atoms with Crippen molar-refractivity contribution in [3.05, 3.63) is 70.8 Å². The zero-order valence-corrected chi connectivity index (χ0v) is 32.1. The molecule has 0 radical (unpaired) electrons. The van der Waals surface area contributed by atoms with Crippen LogP contribution < -0.4 is 16.4 Å². The van der Waals surface area contributed by atoms with Gasteiger partial charge in [-0.2, -0.15) is 0 Å². The first-order valence-electron chi connectivity index (χ1n) is 18.0. The first-order chi connectivity index (χ1) is 23.8. The fourth-order valence-electron chi connectivity index (χ4n) is 5.75. The van der Waals surface area contributed by atoms with Crippen LogP contribution in [0.4, 0.5) is 4.79 Å². The van der Waals surface area contributed by atoms with Crippen molar-refractivity contribution >= 4 is 29.8 Å². The zero-order chi connectivity index (χ0) is 38.4. The van der Waals surface area contributed by atoms with Crippen molar-refractivity contribution in [2.24, 2.45) is 5.73 Å². The topological polar surface area (TPSA) is 157 Å². The monoisotopic (exact) mass is 708 g/mol. The van der Waals surface area contributed by atoms with Crippen molar-refractivity contribution in [2.45, 2.75) is 143 Å². The second-order valence-corrected chi connectivity index (χ2v) is 15.3. The molecule has 0 aromatic heterocycles. The third-order valence-corrected chi connectivity index (χ3v) is 7.86. The van der Waals surface area contributed by atoms with Gasteiger partial charge in [0, 0.05) is 19.4 Å². The van der Waals surface area contributed by atoms with Gasteiger partial charge in [0.05, 0.1) is 0 Å². The molecule has 11 heteroatoms. The Morgan fingerprint density at radius 1 is 0.784 bits per heavy atom. The second kappa shape index (κ2) is 19.8. The van der Waals surface area contributed by atoms with Gasteiger partial charge in [0.25, 0.3) is 0 Å². The Labute approximate surface area is 304 Å². The lowest BCUT2D eigenvalue weighted by Gasteiger charge is -2.35. The summed E-state index contributed by atoms with van der Waals surface area (Å²) in [7, 11) is 0. The number of nitrogens with two attached hydrogens (primary N) is 1. The standard InChI is InChI=1S/C40H60N4O7/c1-10-11-12-13-17-22-44(36(47)31(20-21-33(41)45)43-38(49)51-40(7,8)9)34(30-24-27(2)23-28(3)25-30)35(46)42-32(37(48)50-39(4,5)6)26-29-18-15-14-16-19-29/h14-16,18-19,23-25,31-32,34H,10-13,17,20-22,26H2,1-9H3,(H2,41,45)(H,42,46)(H,43,49). The first-order valence-corrected chi connectivity index (χ1v) is 18.0. The number of hydrogen-bond acceptors (Lipinski definition) is 7. The van der Waals surface area contributed by atoms with E-state index in [1.807, 2.05) is 62.4 Å². The minimum absolute atomic E-state index is 0.102. The van der Waals surface area contributed by atoms with Crippen molar-refractivity contribution in [3.8, 4) is 0 Å². The maximum atomic E-state index is 14.7. The predicted octanol–water partition coefficient (Wildman–Crippen LogP) is 6.37. The molecule has 2 rings (SSSR count). The Bertz CT molecular complexity index is 1440. The average molecular weight is 709 g/mol.